The van der Waals surface area contributed by atoms with Crippen molar-refractivity contribution in [3.63, 3.8) is 0 Å². The monoisotopic (exact) mass is 316 g/mol. The number of halogens is 3. The van der Waals surface area contributed by atoms with E-state index in [9.17, 15) is 13.2 Å². The molecular formula is C12H15F3N6O. The second-order valence-electron chi connectivity index (χ2n) is 4.13. The van der Waals surface area contributed by atoms with E-state index in [4.69, 9.17) is 15.7 Å². The molecule has 0 aromatic carbocycles. The maximum Gasteiger partial charge on any atom is 0.408 e. The molecule has 0 amide bonds. The van der Waals surface area contributed by atoms with E-state index >= 15 is 0 Å². The fourth-order valence-electron chi connectivity index (χ4n) is 1.30. The van der Waals surface area contributed by atoms with E-state index in [1.807, 2.05) is 6.07 Å². The zero-order chi connectivity index (χ0) is 16.4. The standard InChI is InChI=1S/C12H15F3N6O/c13-12(14,15)8-19-10(17)20-9-4-6-18-11(21-9)22-7-3-1-2-5-16/h4,6H,1-3,7-8H2,(H3,17,18,19,20,21). The molecule has 1 aromatic heterocycles. The fraction of sp³-hybridized carbons (Fsp3) is 0.500. The van der Waals surface area contributed by atoms with Gasteiger partial charge in [0.25, 0.3) is 0 Å². The molecule has 0 fully saturated rings. The minimum absolute atomic E-state index is 0.0607. The molecule has 120 valence electrons. The Morgan fingerprint density at radius 3 is 2.91 bits per heavy atom. The Hall–Kier alpha value is -2.57. The van der Waals surface area contributed by atoms with Gasteiger partial charge in [0.05, 0.1) is 12.7 Å². The number of ether oxygens (including phenoxy) is 1. The van der Waals surface area contributed by atoms with Gasteiger partial charge in [0, 0.05) is 12.6 Å². The molecule has 0 saturated heterocycles. The van der Waals surface area contributed by atoms with Crippen molar-refractivity contribution >= 4 is 11.8 Å². The van der Waals surface area contributed by atoms with Crippen LogP contribution in [-0.2, 0) is 0 Å². The van der Waals surface area contributed by atoms with Crippen LogP contribution in [0.15, 0.2) is 17.3 Å². The summed E-state index contributed by atoms with van der Waals surface area (Å²) in [6.45, 7) is -1.04. The van der Waals surface area contributed by atoms with Gasteiger partial charge < -0.3 is 15.8 Å². The third-order valence-corrected chi connectivity index (χ3v) is 2.23. The number of nitriles is 1. The molecule has 0 unspecified atom stereocenters. The molecule has 3 N–H and O–H groups in total. The Morgan fingerprint density at radius 2 is 2.23 bits per heavy atom. The second-order valence-corrected chi connectivity index (χ2v) is 4.13. The van der Waals surface area contributed by atoms with Crippen molar-refractivity contribution in [2.75, 3.05) is 18.5 Å². The zero-order valence-corrected chi connectivity index (χ0v) is 11.6. The highest BCUT2D eigenvalue weighted by molar-refractivity contribution is 5.91. The Bertz CT molecular complexity index is 540. The first kappa shape index (κ1) is 17.5. The van der Waals surface area contributed by atoms with Gasteiger partial charge in [-0.15, -0.1) is 0 Å². The summed E-state index contributed by atoms with van der Waals surface area (Å²) in [5, 5.41) is 10.8. The topological polar surface area (TPSA) is 109 Å². The Morgan fingerprint density at radius 1 is 1.45 bits per heavy atom. The molecule has 0 atom stereocenters. The first-order valence-corrected chi connectivity index (χ1v) is 6.37. The van der Waals surface area contributed by atoms with Crippen molar-refractivity contribution in [3.8, 4) is 12.1 Å². The summed E-state index contributed by atoms with van der Waals surface area (Å²) in [5.74, 6) is -0.235. The van der Waals surface area contributed by atoms with E-state index in [-0.39, 0.29) is 11.8 Å². The Kier molecular flexibility index (Phi) is 6.88. The molecule has 0 bridgehead atoms. The number of nitrogens with two attached hydrogens (primary N) is 1. The van der Waals surface area contributed by atoms with Crippen LogP contribution in [-0.4, -0.2) is 35.3 Å². The number of nitrogens with one attached hydrogen (secondary N) is 1. The summed E-state index contributed by atoms with van der Waals surface area (Å²) in [6.07, 6.45) is -1.24. The molecule has 1 heterocycles. The molecule has 1 aromatic rings. The van der Waals surface area contributed by atoms with Crippen LogP contribution in [0.2, 0.25) is 0 Å². The molecule has 0 spiro atoms. The summed E-state index contributed by atoms with van der Waals surface area (Å²) >= 11 is 0. The molecule has 0 saturated carbocycles. The van der Waals surface area contributed by atoms with Crippen molar-refractivity contribution < 1.29 is 17.9 Å². The van der Waals surface area contributed by atoms with Crippen molar-refractivity contribution in [2.45, 2.75) is 25.4 Å². The number of aromatic nitrogens is 2. The van der Waals surface area contributed by atoms with Crippen LogP contribution in [0.1, 0.15) is 19.3 Å². The van der Waals surface area contributed by atoms with Gasteiger partial charge in [0.15, 0.2) is 5.96 Å². The van der Waals surface area contributed by atoms with E-state index in [1.54, 1.807) is 0 Å². The maximum atomic E-state index is 12.0. The summed E-state index contributed by atoms with van der Waals surface area (Å²) in [6, 6.07) is 3.49. The van der Waals surface area contributed by atoms with Crippen molar-refractivity contribution in [2.24, 2.45) is 10.7 Å². The minimum atomic E-state index is -4.42. The third kappa shape index (κ3) is 7.88. The molecular weight excluding hydrogens is 301 g/mol. The number of anilines is 1. The van der Waals surface area contributed by atoms with Crippen LogP contribution in [0.3, 0.4) is 0 Å². The average Bonchev–Trinajstić information content (AvgIpc) is 2.45. The summed E-state index contributed by atoms with van der Waals surface area (Å²) in [4.78, 5) is 10.9. The second kappa shape index (κ2) is 8.66. The lowest BCUT2D eigenvalue weighted by molar-refractivity contribution is -0.118. The van der Waals surface area contributed by atoms with Gasteiger partial charge in [0.2, 0.25) is 0 Å². The number of hydrogen-bond acceptors (Lipinski definition) is 5. The summed E-state index contributed by atoms with van der Waals surface area (Å²) in [7, 11) is 0. The number of aliphatic imine (C=N–C) groups is 1. The number of hydrogen-bond donors (Lipinski definition) is 2. The normalized spacial score (nSPS) is 11.8. The molecule has 0 aliphatic carbocycles. The van der Waals surface area contributed by atoms with Crippen molar-refractivity contribution in [1.82, 2.24) is 9.97 Å². The number of alkyl halides is 3. The van der Waals surface area contributed by atoms with Crippen molar-refractivity contribution in [1.29, 1.82) is 5.26 Å². The quantitative estimate of drug-likeness (QED) is 0.451. The lowest BCUT2D eigenvalue weighted by Gasteiger charge is -2.08. The van der Waals surface area contributed by atoms with Crippen LogP contribution < -0.4 is 15.8 Å². The Labute approximate surface area is 125 Å². The maximum absolute atomic E-state index is 12.0. The first-order chi connectivity index (χ1) is 10.4. The van der Waals surface area contributed by atoms with Crippen molar-refractivity contribution in [3.05, 3.63) is 12.3 Å². The predicted molar refractivity (Wildman–Crippen MR) is 73.2 cm³/mol. The van der Waals surface area contributed by atoms with Gasteiger partial charge in [-0.3, -0.25) is 0 Å². The molecule has 0 aliphatic rings. The lowest BCUT2D eigenvalue weighted by Crippen LogP contribution is -2.26. The van der Waals surface area contributed by atoms with E-state index in [2.05, 4.69) is 20.3 Å². The lowest BCUT2D eigenvalue weighted by atomic mass is 10.3. The molecule has 1 rings (SSSR count). The molecule has 22 heavy (non-hydrogen) atoms. The van der Waals surface area contributed by atoms with Gasteiger partial charge in [-0.05, 0) is 18.9 Å². The van der Waals surface area contributed by atoms with Crippen LogP contribution in [0, 0.1) is 11.3 Å². The van der Waals surface area contributed by atoms with Crippen LogP contribution in [0.4, 0.5) is 19.0 Å². The summed E-state index contributed by atoms with van der Waals surface area (Å²) < 4.78 is 41.2. The smallest absolute Gasteiger partial charge is 0.408 e. The number of rotatable bonds is 7. The van der Waals surface area contributed by atoms with E-state index in [0.717, 1.165) is 0 Å². The highest BCUT2D eigenvalue weighted by Gasteiger charge is 2.26. The number of guanidine groups is 1. The molecule has 0 radical (unpaired) electrons. The predicted octanol–water partition coefficient (Wildman–Crippen LogP) is 1.84. The fourth-order valence-corrected chi connectivity index (χ4v) is 1.30. The van der Waals surface area contributed by atoms with Gasteiger partial charge in [-0.1, -0.05) is 0 Å². The molecule has 10 heteroatoms. The zero-order valence-electron chi connectivity index (χ0n) is 11.6. The van der Waals surface area contributed by atoms with Crippen LogP contribution in [0.25, 0.3) is 0 Å². The number of unbranched alkanes of at least 4 members (excludes halogenated alkanes) is 2. The van der Waals surface area contributed by atoms with E-state index < -0.39 is 18.7 Å². The highest BCUT2D eigenvalue weighted by Crippen LogP contribution is 2.14. The van der Waals surface area contributed by atoms with Gasteiger partial charge in [-0.25, -0.2) is 9.98 Å². The van der Waals surface area contributed by atoms with E-state index in [0.29, 0.717) is 25.9 Å². The van der Waals surface area contributed by atoms with Crippen LogP contribution >= 0.6 is 0 Å². The summed E-state index contributed by atoms with van der Waals surface area (Å²) in [5.41, 5.74) is 5.33. The first-order valence-electron chi connectivity index (χ1n) is 6.37. The average molecular weight is 316 g/mol. The Balaban J connectivity index is 2.48. The molecule has 0 aliphatic heterocycles. The van der Waals surface area contributed by atoms with Gasteiger partial charge >= 0.3 is 12.2 Å². The largest absolute Gasteiger partial charge is 0.463 e. The highest BCUT2D eigenvalue weighted by atomic mass is 19.4. The van der Waals surface area contributed by atoms with Crippen LogP contribution in [0.5, 0.6) is 6.01 Å². The van der Waals surface area contributed by atoms with E-state index in [1.165, 1.54) is 12.3 Å². The van der Waals surface area contributed by atoms with Gasteiger partial charge in [-0.2, -0.15) is 23.4 Å². The minimum Gasteiger partial charge on any atom is -0.463 e. The molecule has 7 nitrogen and oxygen atoms in total. The SMILES string of the molecule is N#CCCCCOc1nccc(NC(N)=NCC(F)(F)F)n1. The third-order valence-electron chi connectivity index (χ3n) is 2.23. The number of nitrogens with zero attached hydrogens (tertiary/aromatic N) is 4. The van der Waals surface area contributed by atoms with Gasteiger partial charge in [0.1, 0.15) is 12.4 Å².